The van der Waals surface area contributed by atoms with Gasteiger partial charge in [0, 0.05) is 22.2 Å². The van der Waals surface area contributed by atoms with Crippen LogP contribution in [0.2, 0.25) is 5.02 Å². The Morgan fingerprint density at radius 1 is 1.00 bits per heavy atom. The van der Waals surface area contributed by atoms with Crippen molar-refractivity contribution in [1.29, 1.82) is 0 Å². The highest BCUT2D eigenvalue weighted by atomic mass is 35.5. The maximum absolute atomic E-state index is 11.9. The summed E-state index contributed by atoms with van der Waals surface area (Å²) < 4.78 is 25.1. The largest absolute Gasteiger partial charge is 0.245 e. The standard InChI is InChI=1S/C15H12ClNO2S/c1-20(18,19)17-10-14(11-6-8-12(16)9-7-11)13-4-2-3-5-15(13)17/h2-10H,1H3. The lowest BCUT2D eigenvalue weighted by molar-refractivity contribution is 0.595. The van der Waals surface area contributed by atoms with Crippen LogP contribution in [0, 0.1) is 0 Å². The molecule has 0 fully saturated rings. The number of para-hydroxylation sites is 1. The molecule has 0 aliphatic heterocycles. The summed E-state index contributed by atoms with van der Waals surface area (Å²) in [6.07, 6.45) is 2.86. The van der Waals surface area contributed by atoms with Crippen LogP contribution in [0.15, 0.2) is 54.7 Å². The van der Waals surface area contributed by atoms with E-state index >= 15 is 0 Å². The second-order valence-electron chi connectivity index (χ2n) is 4.63. The van der Waals surface area contributed by atoms with Crippen molar-refractivity contribution in [3.63, 3.8) is 0 Å². The molecule has 0 N–H and O–H groups in total. The van der Waals surface area contributed by atoms with E-state index in [0.29, 0.717) is 10.5 Å². The highest BCUT2D eigenvalue weighted by Crippen LogP contribution is 2.31. The Morgan fingerprint density at radius 3 is 2.30 bits per heavy atom. The van der Waals surface area contributed by atoms with Gasteiger partial charge in [-0.05, 0) is 23.8 Å². The lowest BCUT2D eigenvalue weighted by Gasteiger charge is -2.00. The first-order chi connectivity index (χ1) is 9.47. The van der Waals surface area contributed by atoms with E-state index in [1.807, 2.05) is 30.3 Å². The van der Waals surface area contributed by atoms with Gasteiger partial charge in [-0.3, -0.25) is 0 Å². The monoisotopic (exact) mass is 305 g/mol. The number of benzene rings is 2. The molecule has 0 radical (unpaired) electrons. The summed E-state index contributed by atoms with van der Waals surface area (Å²) in [4.78, 5) is 0. The fourth-order valence-electron chi connectivity index (χ4n) is 2.28. The van der Waals surface area contributed by atoms with Crippen molar-refractivity contribution in [3.05, 3.63) is 59.8 Å². The van der Waals surface area contributed by atoms with Gasteiger partial charge in [0.1, 0.15) is 0 Å². The van der Waals surface area contributed by atoms with E-state index in [1.54, 1.807) is 24.4 Å². The van der Waals surface area contributed by atoms with Gasteiger partial charge in [-0.2, -0.15) is 0 Å². The topological polar surface area (TPSA) is 39.1 Å². The lowest BCUT2D eigenvalue weighted by Crippen LogP contribution is -2.07. The van der Waals surface area contributed by atoms with Crippen LogP contribution in [0.3, 0.4) is 0 Å². The van der Waals surface area contributed by atoms with E-state index in [9.17, 15) is 8.42 Å². The summed E-state index contributed by atoms with van der Waals surface area (Å²) in [6, 6.07) is 14.8. The van der Waals surface area contributed by atoms with Gasteiger partial charge in [-0.1, -0.05) is 41.9 Å². The molecule has 0 atom stereocenters. The Balaban J connectivity index is 2.35. The highest BCUT2D eigenvalue weighted by molar-refractivity contribution is 7.89. The molecule has 5 heteroatoms. The fourth-order valence-corrected chi connectivity index (χ4v) is 3.22. The predicted molar refractivity (Wildman–Crippen MR) is 82.6 cm³/mol. The molecule has 20 heavy (non-hydrogen) atoms. The first kappa shape index (κ1) is 13.2. The lowest BCUT2D eigenvalue weighted by atomic mass is 10.1. The summed E-state index contributed by atoms with van der Waals surface area (Å²) in [5, 5.41) is 1.56. The molecule has 0 amide bonds. The van der Waals surface area contributed by atoms with Crippen molar-refractivity contribution in [3.8, 4) is 11.1 Å². The van der Waals surface area contributed by atoms with E-state index in [2.05, 4.69) is 0 Å². The van der Waals surface area contributed by atoms with Crippen molar-refractivity contribution in [2.45, 2.75) is 0 Å². The minimum absolute atomic E-state index is 0.653. The third kappa shape index (κ3) is 2.21. The molecule has 0 unspecified atom stereocenters. The van der Waals surface area contributed by atoms with Crippen LogP contribution in [0.4, 0.5) is 0 Å². The number of aromatic nitrogens is 1. The third-order valence-electron chi connectivity index (χ3n) is 3.19. The van der Waals surface area contributed by atoms with Gasteiger partial charge in [0.2, 0.25) is 10.0 Å². The number of rotatable bonds is 2. The highest BCUT2D eigenvalue weighted by Gasteiger charge is 2.15. The first-order valence-electron chi connectivity index (χ1n) is 6.03. The number of nitrogens with zero attached hydrogens (tertiary/aromatic N) is 1. The molecule has 0 saturated heterocycles. The fraction of sp³-hybridized carbons (Fsp3) is 0.0667. The van der Waals surface area contributed by atoms with Gasteiger partial charge in [0.05, 0.1) is 11.8 Å². The van der Waals surface area contributed by atoms with E-state index in [1.165, 1.54) is 10.2 Å². The van der Waals surface area contributed by atoms with Crippen molar-refractivity contribution in [1.82, 2.24) is 3.97 Å². The first-order valence-corrected chi connectivity index (χ1v) is 8.26. The molecule has 0 aliphatic carbocycles. The van der Waals surface area contributed by atoms with Crippen LogP contribution in [0.25, 0.3) is 22.0 Å². The van der Waals surface area contributed by atoms with Crippen LogP contribution < -0.4 is 0 Å². The molecule has 3 aromatic rings. The van der Waals surface area contributed by atoms with E-state index in [-0.39, 0.29) is 0 Å². The summed E-state index contributed by atoms with van der Waals surface area (Å²) in [5.74, 6) is 0. The van der Waals surface area contributed by atoms with Crippen molar-refractivity contribution < 1.29 is 8.42 Å². The van der Waals surface area contributed by atoms with Crippen LogP contribution in [-0.4, -0.2) is 18.6 Å². The number of halogens is 1. The Bertz CT molecular complexity index is 880. The number of hydrogen-bond donors (Lipinski definition) is 0. The molecule has 0 spiro atoms. The summed E-state index contributed by atoms with van der Waals surface area (Å²) >= 11 is 5.89. The minimum Gasteiger partial charge on any atom is -0.245 e. The molecule has 3 rings (SSSR count). The van der Waals surface area contributed by atoms with Crippen LogP contribution in [-0.2, 0) is 10.0 Å². The smallest absolute Gasteiger partial charge is 0.236 e. The zero-order chi connectivity index (χ0) is 14.3. The second kappa shape index (κ2) is 4.65. The SMILES string of the molecule is CS(=O)(=O)n1cc(-c2ccc(Cl)cc2)c2ccccc21. The van der Waals surface area contributed by atoms with Crippen molar-refractivity contribution >= 4 is 32.5 Å². The van der Waals surface area contributed by atoms with Gasteiger partial charge in [-0.25, -0.2) is 12.4 Å². The van der Waals surface area contributed by atoms with E-state index in [0.717, 1.165) is 16.5 Å². The normalized spacial score (nSPS) is 11.9. The van der Waals surface area contributed by atoms with Gasteiger partial charge in [-0.15, -0.1) is 0 Å². The minimum atomic E-state index is -3.33. The molecule has 1 aromatic heterocycles. The maximum Gasteiger partial charge on any atom is 0.236 e. The molecule has 102 valence electrons. The molecular formula is C15H12ClNO2S. The Morgan fingerprint density at radius 2 is 1.65 bits per heavy atom. The summed E-state index contributed by atoms with van der Waals surface area (Å²) in [6.45, 7) is 0. The zero-order valence-electron chi connectivity index (χ0n) is 10.7. The maximum atomic E-state index is 11.9. The third-order valence-corrected chi connectivity index (χ3v) is 4.46. The molecule has 2 aromatic carbocycles. The van der Waals surface area contributed by atoms with Crippen molar-refractivity contribution in [2.24, 2.45) is 0 Å². The Labute approximate surface area is 122 Å². The molecule has 3 nitrogen and oxygen atoms in total. The van der Waals surface area contributed by atoms with Crippen molar-refractivity contribution in [2.75, 3.05) is 6.26 Å². The average Bonchev–Trinajstić information content (AvgIpc) is 2.79. The predicted octanol–water partition coefficient (Wildman–Crippen LogP) is 3.77. The van der Waals surface area contributed by atoms with Gasteiger partial charge < -0.3 is 0 Å². The second-order valence-corrected chi connectivity index (χ2v) is 6.92. The van der Waals surface area contributed by atoms with Crippen LogP contribution in [0.1, 0.15) is 0 Å². The molecule has 1 heterocycles. The van der Waals surface area contributed by atoms with Gasteiger partial charge >= 0.3 is 0 Å². The molecular weight excluding hydrogens is 294 g/mol. The van der Waals surface area contributed by atoms with Crippen LogP contribution >= 0.6 is 11.6 Å². The Hall–Kier alpha value is -1.78. The quantitative estimate of drug-likeness (QED) is 0.723. The molecule has 0 aliphatic rings. The van der Waals surface area contributed by atoms with Gasteiger partial charge in [0.25, 0.3) is 0 Å². The molecule has 0 saturated carbocycles. The van der Waals surface area contributed by atoms with Crippen LogP contribution in [0.5, 0.6) is 0 Å². The molecule has 0 bridgehead atoms. The van der Waals surface area contributed by atoms with E-state index in [4.69, 9.17) is 11.6 Å². The number of fused-ring (bicyclic) bond motifs is 1. The van der Waals surface area contributed by atoms with E-state index < -0.39 is 10.0 Å². The summed E-state index contributed by atoms with van der Waals surface area (Å²) in [5.41, 5.74) is 2.50. The zero-order valence-corrected chi connectivity index (χ0v) is 12.3. The van der Waals surface area contributed by atoms with Gasteiger partial charge in [0.15, 0.2) is 0 Å². The average molecular weight is 306 g/mol. The number of hydrogen-bond acceptors (Lipinski definition) is 2. The summed E-state index contributed by atoms with van der Waals surface area (Å²) in [7, 11) is -3.33. The Kier molecular flexibility index (Phi) is 3.07.